The van der Waals surface area contributed by atoms with Crippen LogP contribution in [0.25, 0.3) is 0 Å². The minimum Gasteiger partial charge on any atom is -0.342 e. The van der Waals surface area contributed by atoms with Crippen molar-refractivity contribution in [1.82, 2.24) is 4.90 Å². The summed E-state index contributed by atoms with van der Waals surface area (Å²) in [5.74, 6) is 0.451. The van der Waals surface area contributed by atoms with Crippen molar-refractivity contribution < 1.29 is 9.59 Å². The Kier molecular flexibility index (Phi) is 4.75. The molecule has 0 aromatic heterocycles. The van der Waals surface area contributed by atoms with E-state index in [1.165, 1.54) is 0 Å². The fourth-order valence-corrected chi connectivity index (χ4v) is 2.68. The lowest BCUT2D eigenvalue weighted by Gasteiger charge is -2.30. The van der Waals surface area contributed by atoms with E-state index in [1.807, 2.05) is 36.2 Å². The second kappa shape index (κ2) is 6.33. The molecule has 1 aromatic carbocycles. The summed E-state index contributed by atoms with van der Waals surface area (Å²) < 4.78 is 1.02. The number of nitrogens with zero attached hydrogens (tertiary/aromatic N) is 1. The second-order valence-electron chi connectivity index (χ2n) is 5.08. The van der Waals surface area contributed by atoms with Crippen LogP contribution in [0.1, 0.15) is 31.2 Å². The Hall–Kier alpha value is -1.16. The Labute approximate surface area is 122 Å². The SMILES string of the molecule is CN(C(=O)Cc1ccc(Br)cc1)C1CCC(=O)CC1. The maximum Gasteiger partial charge on any atom is 0.226 e. The largest absolute Gasteiger partial charge is 0.342 e. The number of benzene rings is 1. The van der Waals surface area contributed by atoms with E-state index in [9.17, 15) is 9.59 Å². The predicted molar refractivity (Wildman–Crippen MR) is 77.9 cm³/mol. The van der Waals surface area contributed by atoms with E-state index in [1.54, 1.807) is 0 Å². The number of hydrogen-bond acceptors (Lipinski definition) is 2. The van der Waals surface area contributed by atoms with Gasteiger partial charge in [-0.05, 0) is 30.5 Å². The molecule has 0 saturated heterocycles. The van der Waals surface area contributed by atoms with E-state index in [-0.39, 0.29) is 11.9 Å². The van der Waals surface area contributed by atoms with Crippen molar-refractivity contribution in [2.24, 2.45) is 0 Å². The van der Waals surface area contributed by atoms with Crippen LogP contribution >= 0.6 is 15.9 Å². The van der Waals surface area contributed by atoms with Gasteiger partial charge in [-0.1, -0.05) is 28.1 Å². The van der Waals surface area contributed by atoms with E-state index < -0.39 is 0 Å². The molecule has 0 bridgehead atoms. The van der Waals surface area contributed by atoms with Gasteiger partial charge in [0.05, 0.1) is 6.42 Å². The van der Waals surface area contributed by atoms with E-state index >= 15 is 0 Å². The van der Waals surface area contributed by atoms with Crippen LogP contribution in [0.2, 0.25) is 0 Å². The average molecular weight is 324 g/mol. The summed E-state index contributed by atoms with van der Waals surface area (Å²) in [5.41, 5.74) is 1.02. The van der Waals surface area contributed by atoms with Crippen molar-refractivity contribution in [3.8, 4) is 0 Å². The summed E-state index contributed by atoms with van der Waals surface area (Å²) in [7, 11) is 1.85. The van der Waals surface area contributed by atoms with Crippen LogP contribution in [0.4, 0.5) is 0 Å². The third kappa shape index (κ3) is 3.90. The van der Waals surface area contributed by atoms with Crippen molar-refractivity contribution >= 4 is 27.6 Å². The van der Waals surface area contributed by atoms with Crippen molar-refractivity contribution in [3.63, 3.8) is 0 Å². The van der Waals surface area contributed by atoms with Crippen molar-refractivity contribution in [2.75, 3.05) is 7.05 Å². The van der Waals surface area contributed by atoms with Gasteiger partial charge in [0.1, 0.15) is 5.78 Å². The highest BCUT2D eigenvalue weighted by atomic mass is 79.9. The minimum absolute atomic E-state index is 0.127. The summed E-state index contributed by atoms with van der Waals surface area (Å²) >= 11 is 3.38. The van der Waals surface area contributed by atoms with Gasteiger partial charge in [0.25, 0.3) is 0 Å². The number of Topliss-reactive ketones (excluding diaryl/α,β-unsaturated/α-hetero) is 1. The highest BCUT2D eigenvalue weighted by molar-refractivity contribution is 9.10. The van der Waals surface area contributed by atoms with Crippen LogP contribution in [0.5, 0.6) is 0 Å². The molecule has 0 N–H and O–H groups in total. The Bertz CT molecular complexity index is 460. The van der Waals surface area contributed by atoms with Gasteiger partial charge < -0.3 is 4.90 Å². The summed E-state index contributed by atoms with van der Waals surface area (Å²) in [4.78, 5) is 25.2. The number of hydrogen-bond donors (Lipinski definition) is 0. The lowest BCUT2D eigenvalue weighted by Crippen LogP contribution is -2.40. The van der Waals surface area contributed by atoms with Gasteiger partial charge in [0, 0.05) is 30.4 Å². The summed E-state index contributed by atoms with van der Waals surface area (Å²) in [6.45, 7) is 0. The molecule has 0 radical (unpaired) electrons. The lowest BCUT2D eigenvalue weighted by molar-refractivity contribution is -0.133. The topological polar surface area (TPSA) is 37.4 Å². The first-order valence-electron chi connectivity index (χ1n) is 6.58. The van der Waals surface area contributed by atoms with Crippen molar-refractivity contribution in [1.29, 1.82) is 0 Å². The van der Waals surface area contributed by atoms with E-state index in [0.29, 0.717) is 25.0 Å². The maximum atomic E-state index is 12.2. The molecule has 102 valence electrons. The zero-order valence-corrected chi connectivity index (χ0v) is 12.6. The molecule has 0 spiro atoms. The number of rotatable bonds is 3. The number of ketones is 1. The van der Waals surface area contributed by atoms with E-state index in [4.69, 9.17) is 0 Å². The molecule has 1 aliphatic carbocycles. The number of carbonyl (C=O) groups excluding carboxylic acids is 2. The van der Waals surface area contributed by atoms with Gasteiger partial charge in [0.2, 0.25) is 5.91 Å². The van der Waals surface area contributed by atoms with Gasteiger partial charge in [-0.2, -0.15) is 0 Å². The zero-order chi connectivity index (χ0) is 13.8. The van der Waals surface area contributed by atoms with E-state index in [0.717, 1.165) is 22.9 Å². The van der Waals surface area contributed by atoms with Crippen LogP contribution in [0, 0.1) is 0 Å². The summed E-state index contributed by atoms with van der Waals surface area (Å²) in [6, 6.07) is 8.03. The van der Waals surface area contributed by atoms with Crippen LogP contribution in [-0.4, -0.2) is 29.7 Å². The van der Waals surface area contributed by atoms with Crippen molar-refractivity contribution in [3.05, 3.63) is 34.3 Å². The summed E-state index contributed by atoms with van der Waals surface area (Å²) in [6.07, 6.45) is 3.26. The molecular formula is C15H18BrNO2. The fourth-order valence-electron chi connectivity index (χ4n) is 2.42. The third-order valence-electron chi connectivity index (χ3n) is 3.72. The predicted octanol–water partition coefficient (Wildman–Crippen LogP) is 2.96. The molecule has 0 aliphatic heterocycles. The Balaban J connectivity index is 1.92. The van der Waals surface area contributed by atoms with Crippen LogP contribution in [0.15, 0.2) is 28.7 Å². The molecule has 3 nitrogen and oxygen atoms in total. The monoisotopic (exact) mass is 323 g/mol. The molecule has 0 unspecified atom stereocenters. The molecule has 19 heavy (non-hydrogen) atoms. The van der Waals surface area contributed by atoms with Crippen LogP contribution in [-0.2, 0) is 16.0 Å². The van der Waals surface area contributed by atoms with Gasteiger partial charge in [-0.25, -0.2) is 0 Å². The van der Waals surface area contributed by atoms with Gasteiger partial charge in [-0.15, -0.1) is 0 Å². The van der Waals surface area contributed by atoms with Gasteiger partial charge in [-0.3, -0.25) is 9.59 Å². The Morgan fingerprint density at radius 2 is 1.84 bits per heavy atom. The number of likely N-dealkylation sites (N-methyl/N-ethyl adjacent to an activating group) is 1. The molecule has 2 rings (SSSR count). The molecule has 1 amide bonds. The fraction of sp³-hybridized carbons (Fsp3) is 0.467. The molecular weight excluding hydrogens is 306 g/mol. The highest BCUT2D eigenvalue weighted by Gasteiger charge is 2.25. The number of amides is 1. The normalized spacial score (nSPS) is 16.4. The average Bonchev–Trinajstić information content (AvgIpc) is 2.41. The maximum absolute atomic E-state index is 12.2. The number of halogens is 1. The number of carbonyl (C=O) groups is 2. The standard InChI is InChI=1S/C15H18BrNO2/c1-17(13-6-8-14(18)9-7-13)15(19)10-11-2-4-12(16)5-3-11/h2-5,13H,6-10H2,1H3. The minimum atomic E-state index is 0.127. The van der Waals surface area contributed by atoms with E-state index in [2.05, 4.69) is 15.9 Å². The van der Waals surface area contributed by atoms with Gasteiger partial charge in [0.15, 0.2) is 0 Å². The van der Waals surface area contributed by atoms with Gasteiger partial charge >= 0.3 is 0 Å². The smallest absolute Gasteiger partial charge is 0.226 e. The second-order valence-corrected chi connectivity index (χ2v) is 5.99. The quantitative estimate of drug-likeness (QED) is 0.857. The van der Waals surface area contributed by atoms with Crippen LogP contribution in [0.3, 0.4) is 0 Å². The molecule has 1 saturated carbocycles. The lowest BCUT2D eigenvalue weighted by atomic mass is 9.93. The highest BCUT2D eigenvalue weighted by Crippen LogP contribution is 2.20. The first-order valence-corrected chi connectivity index (χ1v) is 7.37. The van der Waals surface area contributed by atoms with Crippen LogP contribution < -0.4 is 0 Å². The zero-order valence-electron chi connectivity index (χ0n) is 11.1. The molecule has 1 aliphatic rings. The third-order valence-corrected chi connectivity index (χ3v) is 4.25. The molecule has 0 atom stereocenters. The molecule has 1 fully saturated rings. The first-order chi connectivity index (χ1) is 9.06. The molecule has 1 aromatic rings. The summed E-state index contributed by atoms with van der Waals surface area (Å²) in [5, 5.41) is 0. The van der Waals surface area contributed by atoms with Crippen molar-refractivity contribution in [2.45, 2.75) is 38.1 Å². The first kappa shape index (κ1) is 14.3. The Morgan fingerprint density at radius 1 is 1.26 bits per heavy atom. The molecule has 4 heteroatoms. The molecule has 0 heterocycles. The Morgan fingerprint density at radius 3 is 2.42 bits per heavy atom.